The maximum Gasteiger partial charge on any atom is 0.243 e. The number of sulfonamides is 1. The minimum Gasteiger partial charge on any atom is -0.340 e. The zero-order valence-corrected chi connectivity index (χ0v) is 14.9. The van der Waals surface area contributed by atoms with E-state index in [1.165, 1.54) is 4.31 Å². The van der Waals surface area contributed by atoms with Crippen molar-refractivity contribution in [3.05, 3.63) is 30.3 Å². The Labute approximate surface area is 144 Å². The molecular weight excluding hydrogens is 326 g/mol. The summed E-state index contributed by atoms with van der Waals surface area (Å²) in [5.74, 6) is -0.0395. The molecule has 0 N–H and O–H groups in total. The normalized spacial score (nSPS) is 24.0. The van der Waals surface area contributed by atoms with Crippen molar-refractivity contribution in [2.75, 3.05) is 39.8 Å². The number of likely N-dealkylation sites (N-methyl/N-ethyl adjacent to an activating group) is 1. The van der Waals surface area contributed by atoms with Gasteiger partial charge in [-0.1, -0.05) is 18.2 Å². The Kier molecular flexibility index (Phi) is 5.22. The van der Waals surface area contributed by atoms with Crippen LogP contribution < -0.4 is 0 Å². The third kappa shape index (κ3) is 3.48. The van der Waals surface area contributed by atoms with Crippen LogP contribution in [0.5, 0.6) is 0 Å². The third-order valence-corrected chi connectivity index (χ3v) is 6.79. The SMILES string of the molecule is CN1CCCN(C(=O)C2CCCN2S(=O)(=O)c2ccccc2)CC1. The molecule has 0 aliphatic carbocycles. The van der Waals surface area contributed by atoms with E-state index in [0.29, 0.717) is 26.1 Å². The van der Waals surface area contributed by atoms with Gasteiger partial charge in [0.05, 0.1) is 4.90 Å². The molecule has 132 valence electrons. The van der Waals surface area contributed by atoms with Crippen molar-refractivity contribution in [3.63, 3.8) is 0 Å². The average Bonchev–Trinajstić information content (AvgIpc) is 2.99. The fraction of sp³-hybridized carbons (Fsp3) is 0.588. The zero-order valence-electron chi connectivity index (χ0n) is 14.1. The number of nitrogens with zero attached hydrogens (tertiary/aromatic N) is 3. The lowest BCUT2D eigenvalue weighted by molar-refractivity contribution is -0.134. The predicted molar refractivity (Wildman–Crippen MR) is 92.0 cm³/mol. The monoisotopic (exact) mass is 351 g/mol. The summed E-state index contributed by atoms with van der Waals surface area (Å²) in [4.78, 5) is 17.3. The van der Waals surface area contributed by atoms with Gasteiger partial charge in [0.1, 0.15) is 6.04 Å². The van der Waals surface area contributed by atoms with Crippen molar-refractivity contribution in [1.82, 2.24) is 14.1 Å². The first-order valence-electron chi connectivity index (χ1n) is 8.54. The lowest BCUT2D eigenvalue weighted by Gasteiger charge is -2.29. The highest BCUT2D eigenvalue weighted by Crippen LogP contribution is 2.27. The molecule has 2 aliphatic rings. The second kappa shape index (κ2) is 7.21. The number of hydrogen-bond donors (Lipinski definition) is 0. The first kappa shape index (κ1) is 17.4. The van der Waals surface area contributed by atoms with Crippen molar-refractivity contribution in [3.8, 4) is 0 Å². The summed E-state index contributed by atoms with van der Waals surface area (Å²) in [5.41, 5.74) is 0. The summed E-state index contributed by atoms with van der Waals surface area (Å²) in [6.07, 6.45) is 2.27. The number of carbonyl (C=O) groups is 1. The van der Waals surface area contributed by atoms with Crippen LogP contribution in [0, 0.1) is 0 Å². The zero-order chi connectivity index (χ0) is 17.2. The molecule has 2 saturated heterocycles. The van der Waals surface area contributed by atoms with Crippen LogP contribution in [0.4, 0.5) is 0 Å². The minimum absolute atomic E-state index is 0.0395. The molecular formula is C17H25N3O3S. The molecule has 0 bridgehead atoms. The van der Waals surface area contributed by atoms with Crippen LogP contribution in [0.3, 0.4) is 0 Å². The van der Waals surface area contributed by atoms with Gasteiger partial charge in [-0.2, -0.15) is 4.31 Å². The van der Waals surface area contributed by atoms with Crippen LogP contribution in [0.2, 0.25) is 0 Å². The molecule has 2 fully saturated rings. The standard InChI is InChI=1S/C17H25N3O3S/c1-18-10-6-11-19(14-13-18)17(21)16-9-5-12-20(16)24(22,23)15-7-3-2-4-8-15/h2-4,7-8,16H,5-6,9-14H2,1H3. The quantitative estimate of drug-likeness (QED) is 0.815. The van der Waals surface area contributed by atoms with Gasteiger partial charge in [0.2, 0.25) is 15.9 Å². The van der Waals surface area contributed by atoms with E-state index in [4.69, 9.17) is 0 Å². The van der Waals surface area contributed by atoms with Crippen molar-refractivity contribution in [1.29, 1.82) is 0 Å². The minimum atomic E-state index is -3.62. The van der Waals surface area contributed by atoms with Crippen molar-refractivity contribution in [2.45, 2.75) is 30.2 Å². The first-order valence-corrected chi connectivity index (χ1v) is 9.98. The van der Waals surface area contributed by atoms with Crippen LogP contribution in [0.1, 0.15) is 19.3 Å². The van der Waals surface area contributed by atoms with E-state index in [0.717, 1.165) is 25.9 Å². The van der Waals surface area contributed by atoms with E-state index in [2.05, 4.69) is 11.9 Å². The molecule has 7 heteroatoms. The summed E-state index contributed by atoms with van der Waals surface area (Å²) < 4.78 is 27.2. The second-order valence-electron chi connectivity index (χ2n) is 6.57. The molecule has 1 aromatic rings. The van der Waals surface area contributed by atoms with Gasteiger partial charge in [-0.25, -0.2) is 8.42 Å². The Hall–Kier alpha value is -1.44. The molecule has 0 radical (unpaired) electrons. The molecule has 0 spiro atoms. The van der Waals surface area contributed by atoms with Gasteiger partial charge in [-0.05, 0) is 45.0 Å². The predicted octanol–water partition coefficient (Wildman–Crippen LogP) is 1.00. The molecule has 2 heterocycles. The average molecular weight is 351 g/mol. The van der Waals surface area contributed by atoms with Crippen LogP contribution in [-0.4, -0.2) is 74.2 Å². The van der Waals surface area contributed by atoms with Gasteiger partial charge in [0.15, 0.2) is 0 Å². The Bertz CT molecular complexity index is 678. The second-order valence-corrected chi connectivity index (χ2v) is 8.46. The highest BCUT2D eigenvalue weighted by atomic mass is 32.2. The van der Waals surface area contributed by atoms with Crippen molar-refractivity contribution < 1.29 is 13.2 Å². The van der Waals surface area contributed by atoms with Crippen LogP contribution in [0.15, 0.2) is 35.2 Å². The van der Waals surface area contributed by atoms with Crippen molar-refractivity contribution >= 4 is 15.9 Å². The summed E-state index contributed by atoms with van der Waals surface area (Å²) in [6.45, 7) is 3.61. The van der Waals surface area contributed by atoms with Gasteiger partial charge in [0.25, 0.3) is 0 Å². The van der Waals surface area contributed by atoms with E-state index in [-0.39, 0.29) is 10.8 Å². The van der Waals surface area contributed by atoms with Crippen LogP contribution in [0.25, 0.3) is 0 Å². The molecule has 1 amide bonds. The van der Waals surface area contributed by atoms with Gasteiger partial charge >= 0.3 is 0 Å². The summed E-state index contributed by atoms with van der Waals surface area (Å²) in [6, 6.07) is 7.85. The fourth-order valence-electron chi connectivity index (χ4n) is 3.48. The Morgan fingerprint density at radius 3 is 2.50 bits per heavy atom. The molecule has 1 atom stereocenters. The van der Waals surface area contributed by atoms with E-state index in [1.807, 2.05) is 4.90 Å². The molecule has 2 aliphatic heterocycles. The molecule has 0 aromatic heterocycles. The Morgan fingerprint density at radius 2 is 1.75 bits per heavy atom. The third-order valence-electron chi connectivity index (χ3n) is 4.87. The molecule has 1 aromatic carbocycles. The fourth-order valence-corrected chi connectivity index (χ4v) is 5.15. The maximum absolute atomic E-state index is 12.9. The smallest absolute Gasteiger partial charge is 0.243 e. The maximum atomic E-state index is 12.9. The number of benzene rings is 1. The van der Waals surface area contributed by atoms with Gasteiger partial charge in [-0.15, -0.1) is 0 Å². The molecule has 1 unspecified atom stereocenters. The summed E-state index contributed by atoms with van der Waals surface area (Å²) in [7, 11) is -1.56. The van der Waals surface area contributed by atoms with Crippen LogP contribution in [-0.2, 0) is 14.8 Å². The molecule has 3 rings (SSSR count). The lowest BCUT2D eigenvalue weighted by atomic mass is 10.2. The van der Waals surface area contributed by atoms with Crippen molar-refractivity contribution in [2.24, 2.45) is 0 Å². The van der Waals surface area contributed by atoms with Crippen LogP contribution >= 0.6 is 0 Å². The van der Waals surface area contributed by atoms with Gasteiger partial charge in [0, 0.05) is 26.2 Å². The number of carbonyl (C=O) groups excluding carboxylic acids is 1. The lowest BCUT2D eigenvalue weighted by Crippen LogP contribution is -2.48. The highest BCUT2D eigenvalue weighted by molar-refractivity contribution is 7.89. The number of hydrogen-bond acceptors (Lipinski definition) is 4. The highest BCUT2D eigenvalue weighted by Gasteiger charge is 2.41. The topological polar surface area (TPSA) is 60.9 Å². The van der Waals surface area contributed by atoms with E-state index >= 15 is 0 Å². The van der Waals surface area contributed by atoms with E-state index in [1.54, 1.807) is 30.3 Å². The summed E-state index contributed by atoms with van der Waals surface area (Å²) >= 11 is 0. The Morgan fingerprint density at radius 1 is 1.00 bits per heavy atom. The first-order chi connectivity index (χ1) is 11.5. The van der Waals surface area contributed by atoms with E-state index in [9.17, 15) is 13.2 Å². The molecule has 24 heavy (non-hydrogen) atoms. The molecule has 6 nitrogen and oxygen atoms in total. The largest absolute Gasteiger partial charge is 0.340 e. The number of amides is 1. The summed E-state index contributed by atoms with van der Waals surface area (Å²) in [5, 5.41) is 0. The van der Waals surface area contributed by atoms with Gasteiger partial charge < -0.3 is 9.80 Å². The molecule has 0 saturated carbocycles. The Balaban J connectivity index is 1.79. The van der Waals surface area contributed by atoms with Gasteiger partial charge in [-0.3, -0.25) is 4.79 Å². The number of rotatable bonds is 3. The van der Waals surface area contributed by atoms with E-state index < -0.39 is 16.1 Å².